The van der Waals surface area contributed by atoms with E-state index in [-0.39, 0.29) is 0 Å². The van der Waals surface area contributed by atoms with Crippen molar-refractivity contribution in [1.29, 1.82) is 5.26 Å². The van der Waals surface area contributed by atoms with E-state index in [0.717, 1.165) is 0 Å². The van der Waals surface area contributed by atoms with E-state index in [2.05, 4.69) is 0 Å². The Labute approximate surface area is 709 Å². The van der Waals surface area contributed by atoms with Gasteiger partial charge in [-0.05, 0) is 0 Å². The molecule has 0 heterocycles. The van der Waals surface area contributed by atoms with E-state index >= 15 is 0 Å². The predicted molar refractivity (Wildman–Crippen MR) is 396 cm³/mol. The van der Waals surface area contributed by atoms with Crippen LogP contribution in [0.1, 0.15) is 6.92 Å². The van der Waals surface area contributed by atoms with E-state index in [1.54, 1.807) is 6.07 Å². The number of hydrogen-bond acceptors (Lipinski definition) is 1. The van der Waals surface area contributed by atoms with Crippen LogP contribution in [0.15, 0.2) is 0 Å². The summed E-state index contributed by atoms with van der Waals surface area (Å²) >= 11 is 259. The van der Waals surface area contributed by atoms with E-state index in [1.807, 2.05) is 0 Å². The number of nitriles is 1. The summed E-state index contributed by atoms with van der Waals surface area (Å²) in [7, 11) is 0. The highest BCUT2D eigenvalue weighted by molar-refractivity contribution is 6.69. The van der Waals surface area contributed by atoms with Gasteiger partial charge >= 0.3 is 0 Å². The smallest absolute Gasteiger partial charge is 0.180 e. The average Bonchev–Trinajstić information content (AvgIpc) is 2.96. The maximum atomic E-state index is 7.32. The Hall–Kier alpha value is 15.1. The van der Waals surface area contributed by atoms with Gasteiger partial charge in [0, 0.05) is 6.92 Å². The average molecular weight is 2190 g/mol. The maximum Gasteiger partial charge on any atom is 0.180 e. The van der Waals surface area contributed by atoms with Gasteiger partial charge in [-0.1, -0.05) is 626 Å². The van der Waals surface area contributed by atoms with Gasteiger partial charge in [0.25, 0.3) is 0 Å². The molecule has 0 saturated carbocycles. The summed E-state index contributed by atoms with van der Waals surface area (Å²) in [4.78, 5) is 0. The second kappa shape index (κ2) is 141. The monoisotopic (exact) mass is 2160 g/mol. The number of nitrogens with zero attached hydrogens (tertiary/aromatic N) is 1. The minimum atomic E-state index is -0.750. The van der Waals surface area contributed by atoms with Crippen molar-refractivity contribution in [3.05, 3.63) is 0 Å². The fraction of sp³-hybridized carbons (Fsp3) is 0.950. The molecular weight excluding hydrogens is 2170 g/mol. The highest BCUT2D eigenvalue weighted by atomic mass is 35.6. The van der Waals surface area contributed by atoms with Crippen molar-refractivity contribution in [2.75, 3.05) is 0 Å². The summed E-state index contributed by atoms with van der Waals surface area (Å²) < 4.78 is -13.5. The summed E-state index contributed by atoms with van der Waals surface area (Å²) in [5.74, 6) is 0. The summed E-state index contributed by atoms with van der Waals surface area (Å²) in [6, 6.07) is 1.75. The fourth-order valence-electron chi connectivity index (χ4n) is 0. The second-order valence-electron chi connectivity index (χ2n) is 4.68. The molecule has 0 fully saturated rings. The van der Waals surface area contributed by atoms with E-state index in [4.69, 9.17) is 632 Å². The van der Waals surface area contributed by atoms with E-state index < -0.39 is 77.3 Å². The molecule has 0 N–H and O–H groups in total. The lowest BCUT2D eigenvalue weighted by molar-refractivity contribution is 1.49. The van der Waals surface area contributed by atoms with Gasteiger partial charge in [-0.15, -0.1) is 0 Å². The summed E-state index contributed by atoms with van der Waals surface area (Å²) in [6.45, 7) is 1.43. The number of alkyl halides is 54. The van der Waals surface area contributed by atoms with E-state index in [0.29, 0.717) is 0 Å². The van der Waals surface area contributed by atoms with Gasteiger partial charge < -0.3 is 0 Å². The highest BCUT2D eigenvalue weighted by Crippen LogP contribution is 2.10. The minimum absolute atomic E-state index is 0.750. The van der Waals surface area contributed by atoms with Crippen molar-refractivity contribution in [2.45, 2.75) is 84.2 Å². The molecule has 0 amide bonds. The molecule has 0 aliphatic heterocycles. The fourth-order valence-corrected chi connectivity index (χ4v) is 0. The summed E-state index contributed by atoms with van der Waals surface area (Å²) in [5.41, 5.74) is 0. The molecule has 0 aromatic heterocycles. The Morgan fingerprint density at radius 3 is 0.133 bits per heavy atom. The van der Waals surface area contributed by atoms with Crippen molar-refractivity contribution in [1.82, 2.24) is 0 Å². The van der Waals surface area contributed by atoms with Gasteiger partial charge in [-0.25, -0.2) is 0 Å². The van der Waals surface area contributed by atoms with Gasteiger partial charge in [-0.2, -0.15) is 5.26 Å². The van der Waals surface area contributed by atoms with E-state index in [1.165, 1.54) is 6.92 Å². The first-order valence-corrected chi connectivity index (χ1v) is 36.1. The van der Waals surface area contributed by atoms with E-state index in [9.17, 15) is 0 Å². The van der Waals surface area contributed by atoms with Crippen molar-refractivity contribution >= 4 is 626 Å². The molecule has 0 aliphatic carbocycles. The first-order valence-electron chi connectivity index (χ1n) is 12.5. The molecular formula is C20H21Cl54N. The molecule has 0 bridgehead atoms. The molecule has 0 rings (SSSR count). The molecule has 0 spiro atoms. The Balaban J connectivity index is -0.0000000260. The first-order chi connectivity index (χ1) is 32.6. The molecule has 75 heavy (non-hydrogen) atoms. The molecule has 0 aromatic rings. The molecule has 484 valence electrons. The number of hydrogen-bond donors (Lipinski definition) is 0. The third-order valence-corrected chi connectivity index (χ3v) is 0. The topological polar surface area (TPSA) is 23.8 Å². The van der Waals surface area contributed by atoms with Crippen LogP contribution in [0.5, 0.6) is 0 Å². The standard InChI is InChI=1S/C2H3N.18CHCl3/c1-2-3;18*2-1(3)4/h1H3;18*1H. The molecule has 1 nitrogen and oxygen atoms in total. The Morgan fingerprint density at radius 2 is 0.133 bits per heavy atom. The Kier molecular flexibility index (Phi) is 266. The lowest BCUT2D eigenvalue weighted by Crippen LogP contribution is -1.55. The third kappa shape index (κ3) is 2950. The van der Waals surface area contributed by atoms with Crippen molar-refractivity contribution in [2.24, 2.45) is 0 Å². The van der Waals surface area contributed by atoms with Crippen molar-refractivity contribution in [3.63, 3.8) is 0 Å². The SMILES string of the molecule is CC#N.ClC(Cl)Cl.ClC(Cl)Cl.ClC(Cl)Cl.ClC(Cl)Cl.ClC(Cl)Cl.ClC(Cl)Cl.ClC(Cl)Cl.ClC(Cl)Cl.ClC(Cl)Cl.ClC(Cl)Cl.ClC(Cl)Cl.ClC(Cl)Cl.ClC(Cl)Cl.ClC(Cl)Cl.ClC(Cl)Cl.ClC(Cl)Cl.ClC(Cl)Cl.ClC(Cl)Cl. The highest BCUT2D eigenvalue weighted by Gasteiger charge is 1.85. The summed E-state index contributed by atoms with van der Waals surface area (Å²) in [6.07, 6.45) is 0. The molecule has 0 atom stereocenters. The number of halogens is 54. The van der Waals surface area contributed by atoms with Crippen LogP contribution in [-0.4, -0.2) is 77.3 Å². The quantitative estimate of drug-likeness (QED) is 0.222. The van der Waals surface area contributed by atoms with Crippen molar-refractivity contribution in [3.8, 4) is 6.07 Å². The third-order valence-electron chi connectivity index (χ3n) is 0. The lowest BCUT2D eigenvalue weighted by Gasteiger charge is -1.69. The predicted octanol–water partition coefficient (Wildman–Crippen LogP) is 36.3. The van der Waals surface area contributed by atoms with Gasteiger partial charge in [0.15, 0.2) is 77.3 Å². The molecule has 0 radical (unpaired) electrons. The van der Waals surface area contributed by atoms with Gasteiger partial charge in [0.05, 0.1) is 6.07 Å². The Bertz CT molecular complexity index is 459. The van der Waals surface area contributed by atoms with Crippen LogP contribution in [0.25, 0.3) is 0 Å². The molecule has 0 aromatic carbocycles. The van der Waals surface area contributed by atoms with Crippen LogP contribution in [0.4, 0.5) is 0 Å². The maximum absolute atomic E-state index is 7.32. The first kappa shape index (κ1) is 142. The van der Waals surface area contributed by atoms with Crippen molar-refractivity contribution < 1.29 is 0 Å². The second-order valence-corrected chi connectivity index (χ2v) is 40.3. The zero-order valence-electron chi connectivity index (χ0n) is 32.7. The zero-order valence-corrected chi connectivity index (χ0v) is 73.6. The molecule has 55 heteroatoms. The van der Waals surface area contributed by atoms with Crippen LogP contribution in [-0.2, 0) is 0 Å². The minimum Gasteiger partial charge on any atom is -0.199 e. The Morgan fingerprint density at radius 1 is 0.133 bits per heavy atom. The van der Waals surface area contributed by atoms with Gasteiger partial charge in [-0.3, -0.25) is 0 Å². The molecule has 0 unspecified atom stereocenters. The zero-order chi connectivity index (χ0) is 67.1. The largest absolute Gasteiger partial charge is 0.199 e. The van der Waals surface area contributed by atoms with Crippen LogP contribution in [0.2, 0.25) is 0 Å². The summed E-state index contributed by atoms with van der Waals surface area (Å²) in [5, 5.41) is 7.32. The molecule has 0 saturated heterocycles. The lowest BCUT2D eigenvalue weighted by atomic mass is 11.0. The number of rotatable bonds is 0. The van der Waals surface area contributed by atoms with Crippen LogP contribution in [0, 0.1) is 11.3 Å². The van der Waals surface area contributed by atoms with Gasteiger partial charge in [0.2, 0.25) is 0 Å². The van der Waals surface area contributed by atoms with Crippen LogP contribution >= 0.6 is 626 Å². The molecule has 0 aliphatic rings. The van der Waals surface area contributed by atoms with Crippen LogP contribution < -0.4 is 0 Å². The van der Waals surface area contributed by atoms with Gasteiger partial charge in [0.1, 0.15) is 0 Å². The van der Waals surface area contributed by atoms with Crippen LogP contribution in [0.3, 0.4) is 0 Å². The normalized spacial score (nSPS) is 8.75.